The molecule has 1 aromatic rings. The second-order valence-corrected chi connectivity index (χ2v) is 6.69. The molecule has 0 saturated carbocycles. The molecule has 3 N–H and O–H groups in total. The topological polar surface area (TPSA) is 114 Å². The minimum absolute atomic E-state index is 0.0132. The second kappa shape index (κ2) is 9.98. The van der Waals surface area contributed by atoms with Gasteiger partial charge in [0.15, 0.2) is 6.10 Å². The van der Waals surface area contributed by atoms with Crippen LogP contribution in [0.2, 0.25) is 0 Å². The maximum Gasteiger partial charge on any atom is 0.407 e. The summed E-state index contributed by atoms with van der Waals surface area (Å²) in [6.07, 6.45) is -2.34. The normalized spacial score (nSPS) is 13.6. The minimum Gasteiger partial charge on any atom is -0.479 e. The van der Waals surface area contributed by atoms with E-state index < -0.39 is 29.9 Å². The van der Waals surface area contributed by atoms with Crippen LogP contribution in [-0.2, 0) is 14.3 Å². The average Bonchev–Trinajstić information content (AvgIpc) is 2.55. The van der Waals surface area contributed by atoms with Crippen molar-refractivity contribution in [3.05, 3.63) is 29.8 Å². The van der Waals surface area contributed by atoms with E-state index >= 15 is 0 Å². The molecular formula is C18H27NO7. The molecule has 0 aliphatic heterocycles. The fourth-order valence-corrected chi connectivity index (χ4v) is 2.00. The smallest absolute Gasteiger partial charge is 0.407 e. The third-order valence-electron chi connectivity index (χ3n) is 3.24. The predicted molar refractivity (Wildman–Crippen MR) is 94.2 cm³/mol. The molecule has 1 rings (SSSR count). The van der Waals surface area contributed by atoms with Gasteiger partial charge < -0.3 is 29.7 Å². The summed E-state index contributed by atoms with van der Waals surface area (Å²) in [6.45, 7) is 5.50. The van der Waals surface area contributed by atoms with Gasteiger partial charge in [-0.3, -0.25) is 0 Å². The number of benzene rings is 1. The van der Waals surface area contributed by atoms with Crippen molar-refractivity contribution in [3.8, 4) is 5.75 Å². The summed E-state index contributed by atoms with van der Waals surface area (Å²) in [6, 6.07) is 6.33. The maximum absolute atomic E-state index is 11.6. The number of rotatable bonds is 9. The molecule has 0 fully saturated rings. The van der Waals surface area contributed by atoms with Crippen LogP contribution in [0, 0.1) is 0 Å². The van der Waals surface area contributed by atoms with Gasteiger partial charge in [-0.15, -0.1) is 0 Å². The lowest BCUT2D eigenvalue weighted by Gasteiger charge is -2.20. The number of alkyl carbamates (subject to hydrolysis) is 1. The number of hydrogen-bond donors (Lipinski definition) is 3. The molecule has 0 aliphatic carbocycles. The molecule has 8 nitrogen and oxygen atoms in total. The highest BCUT2D eigenvalue weighted by Gasteiger charge is 2.20. The number of carboxylic acid groups (broad SMARTS) is 1. The molecule has 0 unspecified atom stereocenters. The number of aliphatic hydroxyl groups excluding tert-OH is 1. The first-order chi connectivity index (χ1) is 12.1. The Balaban J connectivity index is 2.57. The van der Waals surface area contributed by atoms with E-state index in [1.54, 1.807) is 45.0 Å². The number of aliphatic hydroxyl groups is 1. The minimum atomic E-state index is -1.08. The third-order valence-corrected chi connectivity index (χ3v) is 3.24. The van der Waals surface area contributed by atoms with Crippen LogP contribution in [0.25, 0.3) is 0 Å². The number of ether oxygens (including phenoxy) is 3. The molecule has 2 atom stereocenters. The van der Waals surface area contributed by atoms with Gasteiger partial charge in [0.1, 0.15) is 11.4 Å². The van der Waals surface area contributed by atoms with Gasteiger partial charge in [-0.25, -0.2) is 9.59 Å². The van der Waals surface area contributed by atoms with Crippen LogP contribution in [-0.4, -0.2) is 54.2 Å². The summed E-state index contributed by atoms with van der Waals surface area (Å²) in [7, 11) is 1.49. The van der Waals surface area contributed by atoms with E-state index in [0.717, 1.165) is 0 Å². The molecule has 0 spiro atoms. The fraction of sp³-hybridized carbons (Fsp3) is 0.556. The van der Waals surface area contributed by atoms with Crippen LogP contribution in [0.5, 0.6) is 5.75 Å². The summed E-state index contributed by atoms with van der Waals surface area (Å²) in [5.41, 5.74) is -0.0606. The summed E-state index contributed by atoms with van der Waals surface area (Å²) >= 11 is 0. The number of carboxylic acids is 1. The van der Waals surface area contributed by atoms with E-state index in [0.29, 0.717) is 11.3 Å². The largest absolute Gasteiger partial charge is 0.479 e. The first kappa shape index (κ1) is 21.7. The van der Waals surface area contributed by atoms with Crippen molar-refractivity contribution in [1.29, 1.82) is 0 Å². The summed E-state index contributed by atoms with van der Waals surface area (Å²) in [5, 5.41) is 21.7. The number of carbonyl (C=O) groups excluding carboxylic acids is 1. The lowest BCUT2D eigenvalue weighted by atomic mass is 10.1. The summed E-state index contributed by atoms with van der Waals surface area (Å²) in [4.78, 5) is 22.7. The highest BCUT2D eigenvalue weighted by Crippen LogP contribution is 2.19. The highest BCUT2D eigenvalue weighted by molar-refractivity contribution is 5.72. The van der Waals surface area contributed by atoms with E-state index in [4.69, 9.17) is 19.3 Å². The zero-order chi connectivity index (χ0) is 19.7. The van der Waals surface area contributed by atoms with E-state index in [9.17, 15) is 14.7 Å². The molecule has 1 amide bonds. The number of hydrogen-bond acceptors (Lipinski definition) is 6. The Morgan fingerprint density at radius 3 is 2.31 bits per heavy atom. The van der Waals surface area contributed by atoms with E-state index in [1.807, 2.05) is 0 Å². The van der Waals surface area contributed by atoms with Crippen molar-refractivity contribution >= 4 is 12.1 Å². The Morgan fingerprint density at radius 2 is 1.81 bits per heavy atom. The molecule has 0 heterocycles. The van der Waals surface area contributed by atoms with Gasteiger partial charge >= 0.3 is 12.1 Å². The average molecular weight is 369 g/mol. The Morgan fingerprint density at radius 1 is 1.19 bits per heavy atom. The third kappa shape index (κ3) is 8.17. The lowest BCUT2D eigenvalue weighted by molar-refractivity contribution is -0.145. The number of amides is 1. The molecule has 1 aromatic carbocycles. The van der Waals surface area contributed by atoms with Crippen LogP contribution in [0.3, 0.4) is 0 Å². The zero-order valence-corrected chi connectivity index (χ0v) is 15.5. The zero-order valence-electron chi connectivity index (χ0n) is 15.5. The standard InChI is InChI=1S/C18H27NO7/c1-18(2,3)26-17(23)19-11-14(20)12-5-7-13(8-6-12)25-15(16(21)22)9-10-24-4/h5-8,14-15,20H,9-11H2,1-4H3,(H,19,23)(H,21,22)/t14-,15-/m1/s1. The van der Waals surface area contributed by atoms with Gasteiger partial charge in [-0.1, -0.05) is 12.1 Å². The molecule has 146 valence electrons. The van der Waals surface area contributed by atoms with Gasteiger partial charge in [0, 0.05) is 13.5 Å². The predicted octanol–water partition coefficient (Wildman–Crippen LogP) is 2.11. The Bertz CT molecular complexity index is 580. The quantitative estimate of drug-likeness (QED) is 0.611. The van der Waals surface area contributed by atoms with Gasteiger partial charge in [0.05, 0.1) is 19.3 Å². The Labute approximate surface area is 153 Å². The number of nitrogens with one attached hydrogen (secondary N) is 1. The molecule has 0 radical (unpaired) electrons. The van der Waals surface area contributed by atoms with Gasteiger partial charge in [0.25, 0.3) is 0 Å². The van der Waals surface area contributed by atoms with Crippen LogP contribution < -0.4 is 10.1 Å². The highest BCUT2D eigenvalue weighted by atomic mass is 16.6. The molecule has 0 bridgehead atoms. The first-order valence-electron chi connectivity index (χ1n) is 8.25. The Hall–Kier alpha value is -2.32. The van der Waals surface area contributed by atoms with E-state index in [-0.39, 0.29) is 19.6 Å². The molecule has 8 heteroatoms. The molecular weight excluding hydrogens is 342 g/mol. The SMILES string of the molecule is COCC[C@@H](Oc1ccc([C@H](O)CNC(=O)OC(C)(C)C)cc1)C(=O)O. The second-order valence-electron chi connectivity index (χ2n) is 6.69. The van der Waals surface area contributed by atoms with Gasteiger partial charge in [0.2, 0.25) is 0 Å². The summed E-state index contributed by atoms with van der Waals surface area (Å²) < 4.78 is 15.4. The van der Waals surface area contributed by atoms with Crippen molar-refractivity contribution in [3.63, 3.8) is 0 Å². The molecule has 0 aliphatic rings. The van der Waals surface area contributed by atoms with Crippen LogP contribution in [0.15, 0.2) is 24.3 Å². The maximum atomic E-state index is 11.6. The molecule has 0 aromatic heterocycles. The van der Waals surface area contributed by atoms with E-state index in [1.165, 1.54) is 7.11 Å². The number of aliphatic carboxylic acids is 1. The van der Waals surface area contributed by atoms with Crippen molar-refractivity contribution in [2.24, 2.45) is 0 Å². The Kier molecular flexibility index (Phi) is 8.34. The lowest BCUT2D eigenvalue weighted by Crippen LogP contribution is -2.34. The van der Waals surface area contributed by atoms with E-state index in [2.05, 4.69) is 5.32 Å². The first-order valence-corrected chi connectivity index (χ1v) is 8.25. The van der Waals surface area contributed by atoms with Crippen LogP contribution in [0.4, 0.5) is 4.79 Å². The number of carbonyl (C=O) groups is 2. The van der Waals surface area contributed by atoms with Crippen molar-refractivity contribution in [2.45, 2.75) is 45.0 Å². The van der Waals surface area contributed by atoms with Gasteiger partial charge in [-0.05, 0) is 38.5 Å². The number of methoxy groups -OCH3 is 1. The summed E-state index contributed by atoms with van der Waals surface area (Å²) in [5.74, 6) is -0.711. The van der Waals surface area contributed by atoms with Crippen LogP contribution >= 0.6 is 0 Å². The molecule has 26 heavy (non-hydrogen) atoms. The van der Waals surface area contributed by atoms with Crippen molar-refractivity contribution < 1.29 is 34.0 Å². The van der Waals surface area contributed by atoms with Crippen molar-refractivity contribution in [2.75, 3.05) is 20.3 Å². The monoisotopic (exact) mass is 369 g/mol. The fourth-order valence-electron chi connectivity index (χ4n) is 2.00. The molecule has 0 saturated heterocycles. The van der Waals surface area contributed by atoms with Crippen LogP contribution in [0.1, 0.15) is 38.9 Å². The van der Waals surface area contributed by atoms with Gasteiger partial charge in [-0.2, -0.15) is 0 Å². The van der Waals surface area contributed by atoms with Crippen molar-refractivity contribution in [1.82, 2.24) is 5.32 Å².